The second-order valence-corrected chi connectivity index (χ2v) is 9.47. The molecule has 0 saturated carbocycles. The molecule has 2 heterocycles. The first-order chi connectivity index (χ1) is 14.4. The van der Waals surface area contributed by atoms with E-state index in [1.807, 2.05) is 0 Å². The van der Waals surface area contributed by atoms with Crippen LogP contribution < -0.4 is 10.0 Å². The average Bonchev–Trinajstić information content (AvgIpc) is 2.75. The molecule has 30 heavy (non-hydrogen) atoms. The quantitative estimate of drug-likeness (QED) is 0.550. The molecule has 1 aromatic carbocycles. The third-order valence-corrected chi connectivity index (χ3v) is 7.07. The van der Waals surface area contributed by atoms with Gasteiger partial charge in [0.25, 0.3) is 0 Å². The molecule has 0 spiro atoms. The number of sulfonamides is 1. The van der Waals surface area contributed by atoms with Crippen molar-refractivity contribution >= 4 is 15.9 Å². The highest BCUT2D eigenvalue weighted by atomic mass is 32.2. The Bertz CT molecular complexity index is 798. The van der Waals surface area contributed by atoms with E-state index >= 15 is 0 Å². The average molecular weight is 445 g/mol. The molecular weight excluding hydrogens is 415 g/mol. The van der Waals surface area contributed by atoms with Crippen LogP contribution in [-0.2, 0) is 24.3 Å². The number of hydrogen-bond donors (Lipinski definition) is 3. The zero-order valence-corrected chi connectivity index (χ0v) is 17.6. The Hall–Kier alpha value is -1.59. The van der Waals surface area contributed by atoms with Gasteiger partial charge in [-0.05, 0) is 56.4 Å². The van der Waals surface area contributed by atoms with Gasteiger partial charge in [0, 0.05) is 25.7 Å². The van der Waals surface area contributed by atoms with E-state index in [-0.39, 0.29) is 42.0 Å². The topological polar surface area (TPSA) is 114 Å². The SMILES string of the molecule is O=C(N[C@H]1CC[C@H](CCNS(=O)(=O)c2ccc(F)cc2)O[C@@H]1CO)C1CCOCC1. The summed E-state index contributed by atoms with van der Waals surface area (Å²) in [7, 11) is -3.72. The predicted molar refractivity (Wildman–Crippen MR) is 107 cm³/mol. The molecule has 0 bridgehead atoms. The van der Waals surface area contributed by atoms with Crippen molar-refractivity contribution in [3.8, 4) is 0 Å². The van der Waals surface area contributed by atoms with Crippen molar-refractivity contribution in [2.45, 2.75) is 55.2 Å². The summed E-state index contributed by atoms with van der Waals surface area (Å²) in [5.41, 5.74) is 0. The van der Waals surface area contributed by atoms with E-state index in [9.17, 15) is 22.7 Å². The summed E-state index contributed by atoms with van der Waals surface area (Å²) in [6.07, 6.45) is 2.36. The van der Waals surface area contributed by atoms with Gasteiger partial charge in [-0.2, -0.15) is 0 Å². The molecule has 8 nitrogen and oxygen atoms in total. The first-order valence-electron chi connectivity index (χ1n) is 10.3. The Balaban J connectivity index is 1.45. The molecule has 3 N–H and O–H groups in total. The van der Waals surface area contributed by atoms with Crippen molar-refractivity contribution in [3.05, 3.63) is 30.1 Å². The molecule has 2 aliphatic heterocycles. The van der Waals surface area contributed by atoms with Gasteiger partial charge in [-0.3, -0.25) is 4.79 Å². The van der Waals surface area contributed by atoms with E-state index in [0.29, 0.717) is 45.3 Å². The summed E-state index contributed by atoms with van der Waals surface area (Å²) in [5, 5.41) is 12.7. The number of carbonyl (C=O) groups excluding carboxylic acids is 1. The fourth-order valence-electron chi connectivity index (χ4n) is 3.82. The number of hydrogen-bond acceptors (Lipinski definition) is 6. The van der Waals surface area contributed by atoms with E-state index < -0.39 is 21.9 Å². The van der Waals surface area contributed by atoms with Crippen LogP contribution in [0.5, 0.6) is 0 Å². The highest BCUT2D eigenvalue weighted by molar-refractivity contribution is 7.89. The molecular formula is C20H29FN2O6S. The number of aliphatic hydroxyl groups is 1. The Labute approximate surface area is 176 Å². The van der Waals surface area contributed by atoms with Gasteiger partial charge in [0.05, 0.1) is 23.6 Å². The first kappa shape index (κ1) is 23.1. The molecule has 0 unspecified atom stereocenters. The van der Waals surface area contributed by atoms with Crippen LogP contribution in [0.15, 0.2) is 29.2 Å². The van der Waals surface area contributed by atoms with Crippen LogP contribution in [0.4, 0.5) is 4.39 Å². The van der Waals surface area contributed by atoms with Gasteiger partial charge in [-0.1, -0.05) is 0 Å². The van der Waals surface area contributed by atoms with Gasteiger partial charge in [-0.25, -0.2) is 17.5 Å². The largest absolute Gasteiger partial charge is 0.394 e. The molecule has 168 valence electrons. The van der Waals surface area contributed by atoms with Crippen molar-refractivity contribution in [1.82, 2.24) is 10.0 Å². The molecule has 0 radical (unpaired) electrons. The smallest absolute Gasteiger partial charge is 0.240 e. The maximum absolute atomic E-state index is 13.0. The Morgan fingerprint density at radius 3 is 2.50 bits per heavy atom. The monoisotopic (exact) mass is 444 g/mol. The van der Waals surface area contributed by atoms with Crippen molar-refractivity contribution in [3.63, 3.8) is 0 Å². The number of ether oxygens (including phenoxy) is 2. The van der Waals surface area contributed by atoms with E-state index in [0.717, 1.165) is 12.1 Å². The number of rotatable bonds is 8. The lowest BCUT2D eigenvalue weighted by Gasteiger charge is -2.37. The summed E-state index contributed by atoms with van der Waals surface area (Å²) in [4.78, 5) is 12.4. The van der Waals surface area contributed by atoms with Gasteiger partial charge in [0.1, 0.15) is 11.9 Å². The predicted octanol–water partition coefficient (Wildman–Crippen LogP) is 0.945. The molecule has 2 aliphatic rings. The number of carbonyl (C=O) groups is 1. The number of halogens is 1. The molecule has 1 aromatic rings. The maximum atomic E-state index is 13.0. The number of aliphatic hydroxyl groups excluding tert-OH is 1. The molecule has 0 aliphatic carbocycles. The summed E-state index contributed by atoms with van der Waals surface area (Å²) in [6.45, 7) is 1.09. The molecule has 1 amide bonds. The first-order valence-corrected chi connectivity index (χ1v) is 11.8. The van der Waals surface area contributed by atoms with Gasteiger partial charge in [0.2, 0.25) is 15.9 Å². The molecule has 3 atom stereocenters. The number of amides is 1. The highest BCUT2D eigenvalue weighted by Crippen LogP contribution is 2.23. The Morgan fingerprint density at radius 2 is 1.83 bits per heavy atom. The van der Waals surface area contributed by atoms with Crippen molar-refractivity contribution < 1.29 is 32.2 Å². The summed E-state index contributed by atoms with van der Waals surface area (Å²) < 4.78 is 51.2. The highest BCUT2D eigenvalue weighted by Gasteiger charge is 2.33. The van der Waals surface area contributed by atoms with Gasteiger partial charge in [0.15, 0.2) is 0 Å². The Morgan fingerprint density at radius 1 is 1.13 bits per heavy atom. The minimum Gasteiger partial charge on any atom is -0.394 e. The molecule has 10 heteroatoms. The molecule has 2 saturated heterocycles. The van der Waals surface area contributed by atoms with Crippen LogP contribution in [0, 0.1) is 11.7 Å². The van der Waals surface area contributed by atoms with Crippen molar-refractivity contribution in [2.75, 3.05) is 26.4 Å². The summed E-state index contributed by atoms with van der Waals surface area (Å²) >= 11 is 0. The summed E-state index contributed by atoms with van der Waals surface area (Å²) in [6, 6.07) is 4.35. The van der Waals surface area contributed by atoms with Crippen LogP contribution in [0.1, 0.15) is 32.1 Å². The Kier molecular flexibility index (Phi) is 8.18. The standard InChI is InChI=1S/C20H29FN2O6S/c21-15-1-4-17(5-2-15)30(26,27)22-10-7-16-3-6-18(19(13-24)29-16)23-20(25)14-8-11-28-12-9-14/h1-2,4-5,14,16,18-19,22,24H,3,6-13H2,(H,23,25)/t16-,18+,19-/m1/s1. The van der Waals surface area contributed by atoms with E-state index in [1.165, 1.54) is 12.1 Å². The van der Waals surface area contributed by atoms with Crippen molar-refractivity contribution in [2.24, 2.45) is 5.92 Å². The third-order valence-electron chi connectivity index (χ3n) is 5.60. The van der Waals surface area contributed by atoms with Crippen LogP contribution in [-0.4, -0.2) is 64.0 Å². The minimum atomic E-state index is -3.72. The zero-order chi connectivity index (χ0) is 21.6. The fourth-order valence-corrected chi connectivity index (χ4v) is 4.87. The molecule has 2 fully saturated rings. The van der Waals surface area contributed by atoms with E-state index in [4.69, 9.17) is 9.47 Å². The van der Waals surface area contributed by atoms with Crippen LogP contribution in [0.3, 0.4) is 0 Å². The lowest BCUT2D eigenvalue weighted by Crippen LogP contribution is -2.52. The van der Waals surface area contributed by atoms with Crippen LogP contribution in [0.2, 0.25) is 0 Å². The minimum absolute atomic E-state index is 0.00223. The van der Waals surface area contributed by atoms with Crippen LogP contribution in [0.25, 0.3) is 0 Å². The maximum Gasteiger partial charge on any atom is 0.240 e. The number of nitrogens with one attached hydrogen (secondary N) is 2. The molecule has 3 rings (SSSR count). The number of benzene rings is 1. The van der Waals surface area contributed by atoms with E-state index in [1.54, 1.807) is 0 Å². The second kappa shape index (κ2) is 10.6. The van der Waals surface area contributed by atoms with Gasteiger partial charge >= 0.3 is 0 Å². The lowest BCUT2D eigenvalue weighted by atomic mass is 9.94. The van der Waals surface area contributed by atoms with Gasteiger partial charge in [-0.15, -0.1) is 0 Å². The zero-order valence-electron chi connectivity index (χ0n) is 16.8. The fraction of sp³-hybridized carbons (Fsp3) is 0.650. The second-order valence-electron chi connectivity index (χ2n) is 7.70. The normalized spacial score (nSPS) is 25.7. The third kappa shape index (κ3) is 6.21. The lowest BCUT2D eigenvalue weighted by molar-refractivity contribution is -0.134. The molecule has 0 aromatic heterocycles. The van der Waals surface area contributed by atoms with Crippen LogP contribution >= 0.6 is 0 Å². The summed E-state index contributed by atoms with van der Waals surface area (Å²) in [5.74, 6) is -0.606. The van der Waals surface area contributed by atoms with Gasteiger partial charge < -0.3 is 19.9 Å². The van der Waals surface area contributed by atoms with Crippen molar-refractivity contribution in [1.29, 1.82) is 0 Å². The van der Waals surface area contributed by atoms with E-state index in [2.05, 4.69) is 10.0 Å².